The lowest BCUT2D eigenvalue weighted by Crippen LogP contribution is -2.38. The van der Waals surface area contributed by atoms with Gasteiger partial charge in [0, 0.05) is 38.0 Å². The van der Waals surface area contributed by atoms with Crippen LogP contribution in [0, 0.1) is 5.92 Å². The van der Waals surface area contributed by atoms with Crippen molar-refractivity contribution in [2.24, 2.45) is 5.92 Å². The fraction of sp³-hybridized carbons (Fsp3) is 0.471. The zero-order valence-corrected chi connectivity index (χ0v) is 15.2. The second-order valence-electron chi connectivity index (χ2n) is 6.13. The standard InChI is InChI=1S/C17H21ClN4OS/c1-12(23)22-8-6-14(7-9-22)11-19-17-21-20-16(24-17)10-13-2-4-15(18)5-3-13/h2-5,14H,6-11H2,1H3,(H,19,21). The molecule has 128 valence electrons. The topological polar surface area (TPSA) is 58.1 Å². The van der Waals surface area contributed by atoms with E-state index >= 15 is 0 Å². The maximum Gasteiger partial charge on any atom is 0.219 e. The molecule has 1 aliphatic heterocycles. The third kappa shape index (κ3) is 4.68. The minimum atomic E-state index is 0.178. The predicted molar refractivity (Wildman–Crippen MR) is 97.6 cm³/mol. The van der Waals surface area contributed by atoms with E-state index in [9.17, 15) is 4.79 Å². The number of piperidine rings is 1. The maximum absolute atomic E-state index is 11.3. The van der Waals surface area contributed by atoms with Crippen molar-refractivity contribution in [2.45, 2.75) is 26.2 Å². The molecule has 7 heteroatoms. The van der Waals surface area contributed by atoms with Gasteiger partial charge in [-0.05, 0) is 36.5 Å². The monoisotopic (exact) mass is 364 g/mol. The number of hydrogen-bond acceptors (Lipinski definition) is 5. The average molecular weight is 365 g/mol. The molecule has 2 heterocycles. The molecule has 1 amide bonds. The van der Waals surface area contributed by atoms with Gasteiger partial charge in [-0.3, -0.25) is 4.79 Å². The zero-order valence-electron chi connectivity index (χ0n) is 13.7. The molecule has 0 bridgehead atoms. The van der Waals surface area contributed by atoms with Crippen molar-refractivity contribution in [3.05, 3.63) is 39.9 Å². The van der Waals surface area contributed by atoms with Crippen LogP contribution in [0.1, 0.15) is 30.3 Å². The van der Waals surface area contributed by atoms with Gasteiger partial charge < -0.3 is 10.2 Å². The van der Waals surface area contributed by atoms with Gasteiger partial charge in [-0.1, -0.05) is 35.1 Å². The number of nitrogens with one attached hydrogen (secondary N) is 1. The Hall–Kier alpha value is -1.66. The molecule has 0 spiro atoms. The number of rotatable bonds is 5. The number of carbonyl (C=O) groups excluding carboxylic acids is 1. The van der Waals surface area contributed by atoms with Crippen LogP contribution in [0.4, 0.5) is 5.13 Å². The maximum atomic E-state index is 11.3. The molecule has 0 saturated carbocycles. The first-order valence-corrected chi connectivity index (χ1v) is 9.36. The Bertz CT molecular complexity index is 680. The first-order valence-electron chi connectivity index (χ1n) is 8.16. The summed E-state index contributed by atoms with van der Waals surface area (Å²) in [6, 6.07) is 7.81. The number of halogens is 1. The number of nitrogens with zero attached hydrogens (tertiary/aromatic N) is 3. The van der Waals surface area contributed by atoms with Crippen LogP contribution in [0.3, 0.4) is 0 Å². The van der Waals surface area contributed by atoms with E-state index < -0.39 is 0 Å². The molecular weight excluding hydrogens is 344 g/mol. The number of benzene rings is 1. The molecule has 1 saturated heterocycles. The molecule has 1 aromatic heterocycles. The summed E-state index contributed by atoms with van der Waals surface area (Å²) in [5.41, 5.74) is 1.18. The largest absolute Gasteiger partial charge is 0.360 e. The number of aromatic nitrogens is 2. The number of anilines is 1. The first kappa shape index (κ1) is 17.2. The van der Waals surface area contributed by atoms with Gasteiger partial charge in [0.25, 0.3) is 0 Å². The molecule has 1 aliphatic rings. The average Bonchev–Trinajstić information content (AvgIpc) is 3.03. The van der Waals surface area contributed by atoms with Gasteiger partial charge in [0.1, 0.15) is 5.01 Å². The van der Waals surface area contributed by atoms with Crippen molar-refractivity contribution in [3.8, 4) is 0 Å². The van der Waals surface area contributed by atoms with Crippen molar-refractivity contribution in [3.63, 3.8) is 0 Å². The summed E-state index contributed by atoms with van der Waals surface area (Å²) in [7, 11) is 0. The van der Waals surface area contributed by atoms with Gasteiger partial charge in [0.2, 0.25) is 11.0 Å². The predicted octanol–water partition coefficient (Wildman–Crippen LogP) is 3.45. The van der Waals surface area contributed by atoms with Crippen molar-refractivity contribution in [2.75, 3.05) is 25.0 Å². The fourth-order valence-electron chi connectivity index (χ4n) is 2.86. The first-order chi connectivity index (χ1) is 11.6. The van der Waals surface area contributed by atoms with E-state index in [0.29, 0.717) is 5.92 Å². The second kappa shape index (κ2) is 7.94. The van der Waals surface area contributed by atoms with Crippen LogP contribution < -0.4 is 5.32 Å². The number of likely N-dealkylation sites (tertiary alicyclic amines) is 1. The molecular formula is C17H21ClN4OS. The Morgan fingerprint density at radius 3 is 2.67 bits per heavy atom. The van der Waals surface area contributed by atoms with Crippen LogP contribution in [0.5, 0.6) is 0 Å². The molecule has 1 fully saturated rings. The van der Waals surface area contributed by atoms with Gasteiger partial charge in [0.15, 0.2) is 0 Å². The molecule has 24 heavy (non-hydrogen) atoms. The van der Waals surface area contributed by atoms with Gasteiger partial charge in [-0.25, -0.2) is 0 Å². The Kier molecular flexibility index (Phi) is 5.68. The van der Waals surface area contributed by atoms with Crippen LogP contribution in [0.2, 0.25) is 5.02 Å². The summed E-state index contributed by atoms with van der Waals surface area (Å²) in [6.45, 7) is 4.25. The lowest BCUT2D eigenvalue weighted by Gasteiger charge is -2.31. The van der Waals surface area contributed by atoms with Crippen LogP contribution >= 0.6 is 22.9 Å². The second-order valence-corrected chi connectivity index (χ2v) is 7.63. The SMILES string of the molecule is CC(=O)N1CCC(CNc2nnc(Cc3ccc(Cl)cc3)s2)CC1. The molecule has 0 aliphatic carbocycles. The summed E-state index contributed by atoms with van der Waals surface area (Å²) in [6.07, 6.45) is 2.86. The van der Waals surface area contributed by atoms with Crippen molar-refractivity contribution >= 4 is 34.0 Å². The summed E-state index contributed by atoms with van der Waals surface area (Å²) in [4.78, 5) is 13.3. The van der Waals surface area contributed by atoms with Crippen LogP contribution in [-0.2, 0) is 11.2 Å². The molecule has 0 atom stereocenters. The van der Waals surface area contributed by atoms with Crippen LogP contribution in [0.15, 0.2) is 24.3 Å². The Balaban J connectivity index is 1.46. The highest BCUT2D eigenvalue weighted by molar-refractivity contribution is 7.15. The van der Waals surface area contributed by atoms with E-state index in [0.717, 1.165) is 54.1 Å². The van der Waals surface area contributed by atoms with Gasteiger partial charge in [0.05, 0.1) is 0 Å². The van der Waals surface area contributed by atoms with Crippen molar-refractivity contribution < 1.29 is 4.79 Å². The van der Waals surface area contributed by atoms with Crippen molar-refractivity contribution in [1.29, 1.82) is 0 Å². The van der Waals surface area contributed by atoms with E-state index in [1.165, 1.54) is 5.56 Å². The summed E-state index contributed by atoms with van der Waals surface area (Å²) in [5, 5.41) is 14.5. The van der Waals surface area contributed by atoms with Crippen molar-refractivity contribution in [1.82, 2.24) is 15.1 Å². The molecule has 1 aromatic carbocycles. The highest BCUT2D eigenvalue weighted by Gasteiger charge is 2.20. The summed E-state index contributed by atoms with van der Waals surface area (Å²) < 4.78 is 0. The van der Waals surface area contributed by atoms with Gasteiger partial charge in [-0.2, -0.15) is 0 Å². The third-order valence-corrected chi connectivity index (χ3v) is 5.47. The normalized spacial score (nSPS) is 15.5. The molecule has 3 rings (SSSR count). The molecule has 0 unspecified atom stereocenters. The Labute approximate surface area is 151 Å². The zero-order chi connectivity index (χ0) is 16.9. The van der Waals surface area contributed by atoms with E-state index in [-0.39, 0.29) is 5.91 Å². The summed E-state index contributed by atoms with van der Waals surface area (Å²) >= 11 is 7.50. The quantitative estimate of drug-likeness (QED) is 0.882. The highest BCUT2D eigenvalue weighted by atomic mass is 35.5. The molecule has 5 nitrogen and oxygen atoms in total. The van der Waals surface area contributed by atoms with E-state index in [1.807, 2.05) is 29.2 Å². The molecule has 0 radical (unpaired) electrons. The number of carbonyl (C=O) groups is 1. The number of hydrogen-bond donors (Lipinski definition) is 1. The lowest BCUT2D eigenvalue weighted by atomic mass is 9.97. The van der Waals surface area contributed by atoms with Gasteiger partial charge in [-0.15, -0.1) is 10.2 Å². The number of amides is 1. The van der Waals surface area contributed by atoms with E-state index in [1.54, 1.807) is 18.3 Å². The fourth-order valence-corrected chi connectivity index (χ4v) is 3.76. The molecule has 2 aromatic rings. The van der Waals surface area contributed by atoms with E-state index in [2.05, 4.69) is 15.5 Å². The minimum Gasteiger partial charge on any atom is -0.360 e. The summed E-state index contributed by atoms with van der Waals surface area (Å²) in [5.74, 6) is 0.765. The minimum absolute atomic E-state index is 0.178. The Morgan fingerprint density at radius 1 is 1.29 bits per heavy atom. The van der Waals surface area contributed by atoms with Crippen LogP contribution in [-0.4, -0.2) is 40.6 Å². The smallest absolute Gasteiger partial charge is 0.219 e. The lowest BCUT2D eigenvalue weighted by molar-refractivity contribution is -0.130. The van der Waals surface area contributed by atoms with E-state index in [4.69, 9.17) is 11.6 Å². The van der Waals surface area contributed by atoms with Gasteiger partial charge >= 0.3 is 0 Å². The van der Waals surface area contributed by atoms with Crippen LogP contribution in [0.25, 0.3) is 0 Å². The third-order valence-electron chi connectivity index (χ3n) is 4.34. The highest BCUT2D eigenvalue weighted by Crippen LogP contribution is 2.22. The molecule has 1 N–H and O–H groups in total. The Morgan fingerprint density at radius 2 is 2.00 bits per heavy atom.